The first-order valence-electron chi connectivity index (χ1n) is 3.85. The van der Waals surface area contributed by atoms with E-state index < -0.39 is 0 Å². The Morgan fingerprint density at radius 3 is 1.89 bits per heavy atom. The van der Waals surface area contributed by atoms with Gasteiger partial charge in [0.05, 0.1) is 0 Å². The number of rotatable bonds is 1. The van der Waals surface area contributed by atoms with Gasteiger partial charge < -0.3 is 5.11 Å². The van der Waals surface area contributed by atoms with E-state index in [-0.39, 0.29) is 0 Å². The molecule has 54 valence electrons. The van der Waals surface area contributed by atoms with E-state index in [9.17, 15) is 0 Å². The van der Waals surface area contributed by atoms with Crippen LogP contribution in [0.2, 0.25) is 0 Å². The zero-order valence-electron chi connectivity index (χ0n) is 6.30. The molecule has 0 aromatic heterocycles. The standard InChI is InChI=1S/C8H16O/c1-6-3-8(5-9)4-7(6)2/h6-9H,3-5H2,1-2H3. The Bertz CT molecular complexity index is 80.6. The minimum absolute atomic E-state index is 0.398. The molecule has 1 saturated carbocycles. The molecular weight excluding hydrogens is 112 g/mol. The lowest BCUT2D eigenvalue weighted by Crippen LogP contribution is -1.99. The molecule has 0 bridgehead atoms. The zero-order chi connectivity index (χ0) is 6.85. The SMILES string of the molecule is CC1CC(CO)CC1C. The highest BCUT2D eigenvalue weighted by atomic mass is 16.3. The summed E-state index contributed by atoms with van der Waals surface area (Å²) in [4.78, 5) is 0. The third-order valence-corrected chi connectivity index (χ3v) is 2.64. The molecule has 0 amide bonds. The van der Waals surface area contributed by atoms with Gasteiger partial charge in [-0.3, -0.25) is 0 Å². The van der Waals surface area contributed by atoms with Gasteiger partial charge in [-0.2, -0.15) is 0 Å². The van der Waals surface area contributed by atoms with Gasteiger partial charge in [0.2, 0.25) is 0 Å². The second kappa shape index (κ2) is 2.70. The van der Waals surface area contributed by atoms with E-state index >= 15 is 0 Å². The van der Waals surface area contributed by atoms with Crippen LogP contribution in [-0.2, 0) is 0 Å². The average Bonchev–Trinajstić information content (AvgIpc) is 2.13. The van der Waals surface area contributed by atoms with Crippen LogP contribution in [0.1, 0.15) is 26.7 Å². The fourth-order valence-corrected chi connectivity index (χ4v) is 1.76. The summed E-state index contributed by atoms with van der Waals surface area (Å²) < 4.78 is 0. The van der Waals surface area contributed by atoms with Crippen LogP contribution in [0.25, 0.3) is 0 Å². The monoisotopic (exact) mass is 128 g/mol. The van der Waals surface area contributed by atoms with Gasteiger partial charge in [-0.15, -0.1) is 0 Å². The third-order valence-electron chi connectivity index (χ3n) is 2.64. The summed E-state index contributed by atoms with van der Waals surface area (Å²) in [7, 11) is 0. The van der Waals surface area contributed by atoms with Gasteiger partial charge in [-0.25, -0.2) is 0 Å². The Labute approximate surface area is 57.1 Å². The van der Waals surface area contributed by atoms with Crippen molar-refractivity contribution in [2.75, 3.05) is 6.61 Å². The molecule has 1 aliphatic rings. The first kappa shape index (κ1) is 7.07. The second-order valence-electron chi connectivity index (χ2n) is 3.47. The average molecular weight is 128 g/mol. The molecule has 0 aliphatic heterocycles. The van der Waals surface area contributed by atoms with Crippen molar-refractivity contribution in [2.45, 2.75) is 26.7 Å². The predicted octanol–water partition coefficient (Wildman–Crippen LogP) is 1.66. The molecule has 0 aromatic rings. The van der Waals surface area contributed by atoms with Gasteiger partial charge in [0.15, 0.2) is 0 Å². The largest absolute Gasteiger partial charge is 0.396 e. The predicted molar refractivity (Wildman–Crippen MR) is 38.1 cm³/mol. The summed E-state index contributed by atoms with van der Waals surface area (Å²) in [6, 6.07) is 0. The molecule has 2 atom stereocenters. The summed E-state index contributed by atoms with van der Waals surface area (Å²) in [5.41, 5.74) is 0. The minimum atomic E-state index is 0.398. The van der Waals surface area contributed by atoms with E-state index in [0.717, 1.165) is 11.8 Å². The molecule has 1 heteroatoms. The van der Waals surface area contributed by atoms with Crippen molar-refractivity contribution in [3.63, 3.8) is 0 Å². The maximum Gasteiger partial charge on any atom is 0.0459 e. The molecule has 0 aromatic carbocycles. The number of aliphatic hydroxyl groups is 1. The van der Waals surface area contributed by atoms with Gasteiger partial charge in [0.25, 0.3) is 0 Å². The van der Waals surface area contributed by atoms with Gasteiger partial charge in [-0.1, -0.05) is 13.8 Å². The Hall–Kier alpha value is -0.0400. The molecule has 1 fully saturated rings. The van der Waals surface area contributed by atoms with E-state index in [1.807, 2.05) is 0 Å². The topological polar surface area (TPSA) is 20.2 Å². The maximum atomic E-state index is 8.80. The third kappa shape index (κ3) is 1.45. The van der Waals surface area contributed by atoms with Crippen molar-refractivity contribution in [2.24, 2.45) is 17.8 Å². The summed E-state index contributed by atoms with van der Waals surface area (Å²) in [6.07, 6.45) is 2.47. The molecule has 1 aliphatic carbocycles. The molecule has 0 heterocycles. The molecular formula is C8H16O. The smallest absolute Gasteiger partial charge is 0.0459 e. The second-order valence-corrected chi connectivity index (χ2v) is 3.47. The molecule has 0 spiro atoms. The Kier molecular flexibility index (Phi) is 2.12. The Morgan fingerprint density at radius 2 is 1.67 bits per heavy atom. The van der Waals surface area contributed by atoms with E-state index in [1.54, 1.807) is 0 Å². The fourth-order valence-electron chi connectivity index (χ4n) is 1.76. The van der Waals surface area contributed by atoms with Crippen LogP contribution in [0.5, 0.6) is 0 Å². The van der Waals surface area contributed by atoms with E-state index in [0.29, 0.717) is 12.5 Å². The highest BCUT2D eigenvalue weighted by molar-refractivity contribution is 4.77. The van der Waals surface area contributed by atoms with Crippen LogP contribution >= 0.6 is 0 Å². The van der Waals surface area contributed by atoms with Gasteiger partial charge in [0.1, 0.15) is 0 Å². The van der Waals surface area contributed by atoms with Gasteiger partial charge >= 0.3 is 0 Å². The molecule has 0 saturated heterocycles. The van der Waals surface area contributed by atoms with Crippen LogP contribution in [0.15, 0.2) is 0 Å². The molecule has 0 radical (unpaired) electrons. The van der Waals surface area contributed by atoms with E-state index in [1.165, 1.54) is 12.8 Å². The van der Waals surface area contributed by atoms with Crippen LogP contribution in [-0.4, -0.2) is 11.7 Å². The lowest BCUT2D eigenvalue weighted by atomic mass is 10.0. The Morgan fingerprint density at radius 1 is 1.22 bits per heavy atom. The number of aliphatic hydroxyl groups excluding tert-OH is 1. The van der Waals surface area contributed by atoms with Crippen molar-refractivity contribution in [3.05, 3.63) is 0 Å². The summed E-state index contributed by atoms with van der Waals surface area (Å²) in [5, 5.41) is 8.80. The number of hydrogen-bond acceptors (Lipinski definition) is 1. The van der Waals surface area contributed by atoms with Gasteiger partial charge in [-0.05, 0) is 30.6 Å². The van der Waals surface area contributed by atoms with Crippen molar-refractivity contribution >= 4 is 0 Å². The van der Waals surface area contributed by atoms with Crippen LogP contribution in [0.4, 0.5) is 0 Å². The van der Waals surface area contributed by atoms with Crippen molar-refractivity contribution in [1.82, 2.24) is 0 Å². The number of hydrogen-bond donors (Lipinski definition) is 1. The van der Waals surface area contributed by atoms with E-state index in [2.05, 4.69) is 13.8 Å². The molecule has 2 unspecified atom stereocenters. The fraction of sp³-hybridized carbons (Fsp3) is 1.00. The van der Waals surface area contributed by atoms with Crippen LogP contribution in [0, 0.1) is 17.8 Å². The summed E-state index contributed by atoms with van der Waals surface area (Å²) in [6.45, 7) is 4.95. The van der Waals surface area contributed by atoms with Gasteiger partial charge in [0, 0.05) is 6.61 Å². The highest BCUT2D eigenvalue weighted by Crippen LogP contribution is 2.34. The summed E-state index contributed by atoms with van der Waals surface area (Å²) >= 11 is 0. The molecule has 1 rings (SSSR count). The lowest BCUT2D eigenvalue weighted by molar-refractivity contribution is 0.225. The summed E-state index contributed by atoms with van der Waals surface area (Å²) in [5.74, 6) is 2.28. The minimum Gasteiger partial charge on any atom is -0.396 e. The normalized spacial score (nSPS) is 43.7. The van der Waals surface area contributed by atoms with E-state index in [4.69, 9.17) is 5.11 Å². The van der Waals surface area contributed by atoms with Crippen molar-refractivity contribution in [3.8, 4) is 0 Å². The molecule has 1 N–H and O–H groups in total. The van der Waals surface area contributed by atoms with Crippen molar-refractivity contribution in [1.29, 1.82) is 0 Å². The van der Waals surface area contributed by atoms with Crippen molar-refractivity contribution < 1.29 is 5.11 Å². The lowest BCUT2D eigenvalue weighted by Gasteiger charge is -2.04. The first-order valence-corrected chi connectivity index (χ1v) is 3.85. The first-order chi connectivity index (χ1) is 4.24. The maximum absolute atomic E-state index is 8.80. The van der Waals surface area contributed by atoms with Crippen LogP contribution < -0.4 is 0 Å². The Balaban J connectivity index is 2.35. The highest BCUT2D eigenvalue weighted by Gasteiger charge is 2.26. The van der Waals surface area contributed by atoms with Crippen LogP contribution in [0.3, 0.4) is 0 Å². The zero-order valence-corrected chi connectivity index (χ0v) is 6.30. The molecule has 9 heavy (non-hydrogen) atoms. The molecule has 1 nitrogen and oxygen atoms in total. The quantitative estimate of drug-likeness (QED) is 0.569.